The lowest BCUT2D eigenvalue weighted by molar-refractivity contribution is 0.0600. The van der Waals surface area contributed by atoms with E-state index in [0.717, 1.165) is 6.07 Å². The van der Waals surface area contributed by atoms with Gasteiger partial charge in [0.1, 0.15) is 5.82 Å². The number of carbonyl (C=O) groups is 2. The number of rotatable bonds is 3. The predicted octanol–water partition coefficient (Wildman–Crippen LogP) is 3.63. The molecule has 0 atom stereocenters. The molecule has 2 rings (SSSR count). The van der Waals surface area contributed by atoms with Crippen LogP contribution in [0.15, 0.2) is 46.9 Å². The summed E-state index contributed by atoms with van der Waals surface area (Å²) in [4.78, 5) is 23.5. The highest BCUT2D eigenvalue weighted by Gasteiger charge is 2.14. The van der Waals surface area contributed by atoms with Gasteiger partial charge in [0.25, 0.3) is 5.91 Å². The van der Waals surface area contributed by atoms with E-state index in [-0.39, 0.29) is 11.3 Å². The van der Waals surface area contributed by atoms with Crippen LogP contribution in [-0.4, -0.2) is 19.0 Å². The Morgan fingerprint density at radius 3 is 2.57 bits per heavy atom. The molecule has 0 saturated carbocycles. The molecule has 1 N–H and O–H groups in total. The first-order valence-electron chi connectivity index (χ1n) is 5.96. The Kier molecular flexibility index (Phi) is 4.70. The van der Waals surface area contributed by atoms with Gasteiger partial charge in [0.2, 0.25) is 0 Å². The van der Waals surface area contributed by atoms with Gasteiger partial charge in [0.05, 0.1) is 23.9 Å². The summed E-state index contributed by atoms with van der Waals surface area (Å²) >= 11 is 3.25. The maximum atomic E-state index is 13.7. The number of methoxy groups -OCH3 is 1. The van der Waals surface area contributed by atoms with E-state index in [9.17, 15) is 14.0 Å². The van der Waals surface area contributed by atoms with Crippen molar-refractivity contribution in [3.63, 3.8) is 0 Å². The van der Waals surface area contributed by atoms with Gasteiger partial charge in [-0.25, -0.2) is 9.18 Å². The van der Waals surface area contributed by atoms with Gasteiger partial charge >= 0.3 is 5.97 Å². The summed E-state index contributed by atoms with van der Waals surface area (Å²) in [5.74, 6) is -1.72. The number of hydrogen-bond donors (Lipinski definition) is 1. The number of esters is 1. The zero-order valence-corrected chi connectivity index (χ0v) is 12.6. The van der Waals surface area contributed by atoms with Crippen LogP contribution in [0.25, 0.3) is 0 Å². The highest BCUT2D eigenvalue weighted by molar-refractivity contribution is 9.10. The van der Waals surface area contributed by atoms with Gasteiger partial charge < -0.3 is 10.1 Å². The van der Waals surface area contributed by atoms with Crippen LogP contribution in [-0.2, 0) is 4.74 Å². The van der Waals surface area contributed by atoms with Gasteiger partial charge in [-0.15, -0.1) is 0 Å². The van der Waals surface area contributed by atoms with Crippen molar-refractivity contribution in [1.82, 2.24) is 0 Å². The summed E-state index contributed by atoms with van der Waals surface area (Å²) < 4.78 is 18.9. The summed E-state index contributed by atoms with van der Waals surface area (Å²) in [7, 11) is 1.23. The smallest absolute Gasteiger partial charge is 0.337 e. The molecule has 0 aromatic heterocycles. The zero-order chi connectivity index (χ0) is 15.4. The molecule has 0 aliphatic rings. The van der Waals surface area contributed by atoms with Crippen molar-refractivity contribution in [2.24, 2.45) is 0 Å². The van der Waals surface area contributed by atoms with Crippen LogP contribution in [0.3, 0.4) is 0 Å². The summed E-state index contributed by atoms with van der Waals surface area (Å²) in [5, 5.41) is 2.43. The third-order valence-electron chi connectivity index (χ3n) is 2.75. The number of halogens is 2. The number of ether oxygens (including phenoxy) is 1. The van der Waals surface area contributed by atoms with Crippen LogP contribution >= 0.6 is 15.9 Å². The van der Waals surface area contributed by atoms with Crippen molar-refractivity contribution in [2.45, 2.75) is 0 Å². The average molecular weight is 352 g/mol. The molecule has 0 saturated heterocycles. The minimum Gasteiger partial charge on any atom is -0.465 e. The van der Waals surface area contributed by atoms with Crippen molar-refractivity contribution >= 4 is 33.5 Å². The molecule has 4 nitrogen and oxygen atoms in total. The van der Waals surface area contributed by atoms with Gasteiger partial charge in [-0.3, -0.25) is 4.79 Å². The summed E-state index contributed by atoms with van der Waals surface area (Å²) in [6, 6.07) is 10.4. The number of hydrogen-bond acceptors (Lipinski definition) is 3. The number of nitrogens with one attached hydrogen (secondary N) is 1. The van der Waals surface area contributed by atoms with Gasteiger partial charge in [-0.1, -0.05) is 12.1 Å². The van der Waals surface area contributed by atoms with Crippen molar-refractivity contribution < 1.29 is 18.7 Å². The van der Waals surface area contributed by atoms with Gasteiger partial charge in [0, 0.05) is 4.47 Å². The van der Waals surface area contributed by atoms with E-state index in [1.165, 1.54) is 19.2 Å². The van der Waals surface area contributed by atoms with Crippen LogP contribution in [0.1, 0.15) is 20.7 Å². The number of carbonyl (C=O) groups excluding carboxylic acids is 2. The monoisotopic (exact) mass is 351 g/mol. The van der Waals surface area contributed by atoms with Gasteiger partial charge in [0.15, 0.2) is 0 Å². The second kappa shape index (κ2) is 6.49. The SMILES string of the molecule is COC(=O)c1ccc(F)c(NC(=O)c2ccccc2Br)c1. The minimum atomic E-state index is -0.636. The van der Waals surface area contributed by atoms with Crippen molar-refractivity contribution in [1.29, 1.82) is 0 Å². The van der Waals surface area contributed by atoms with Crippen LogP contribution in [0, 0.1) is 5.82 Å². The van der Waals surface area contributed by atoms with Crippen LogP contribution in [0.4, 0.5) is 10.1 Å². The maximum absolute atomic E-state index is 13.7. The molecule has 2 aromatic rings. The average Bonchev–Trinajstić information content (AvgIpc) is 2.49. The van der Waals surface area contributed by atoms with Crippen LogP contribution in [0.2, 0.25) is 0 Å². The van der Waals surface area contributed by atoms with Crippen LogP contribution in [0.5, 0.6) is 0 Å². The Morgan fingerprint density at radius 2 is 1.90 bits per heavy atom. The third kappa shape index (κ3) is 3.46. The lowest BCUT2D eigenvalue weighted by atomic mass is 10.1. The van der Waals surface area contributed by atoms with E-state index < -0.39 is 17.7 Å². The summed E-state index contributed by atoms with van der Waals surface area (Å²) in [6.45, 7) is 0. The molecule has 2 aromatic carbocycles. The molecule has 0 bridgehead atoms. The zero-order valence-electron chi connectivity index (χ0n) is 11.0. The fraction of sp³-hybridized carbons (Fsp3) is 0.0667. The van der Waals surface area contributed by atoms with E-state index in [1.807, 2.05) is 0 Å². The van der Waals surface area contributed by atoms with E-state index in [2.05, 4.69) is 26.0 Å². The molecule has 21 heavy (non-hydrogen) atoms. The first-order chi connectivity index (χ1) is 10.0. The van der Waals surface area contributed by atoms with E-state index in [0.29, 0.717) is 10.0 Å². The number of anilines is 1. The standard InChI is InChI=1S/C15H11BrFNO3/c1-21-15(20)9-6-7-12(17)13(8-9)18-14(19)10-4-2-3-5-11(10)16/h2-8H,1H3,(H,18,19). The molecule has 108 valence electrons. The van der Waals surface area contributed by atoms with Gasteiger partial charge in [-0.05, 0) is 46.3 Å². The van der Waals surface area contributed by atoms with Crippen molar-refractivity contribution in [2.75, 3.05) is 12.4 Å². The Bertz CT molecular complexity index is 703. The minimum absolute atomic E-state index is 0.0846. The largest absolute Gasteiger partial charge is 0.465 e. The summed E-state index contributed by atoms with van der Waals surface area (Å²) in [6.07, 6.45) is 0. The number of benzene rings is 2. The maximum Gasteiger partial charge on any atom is 0.337 e. The highest BCUT2D eigenvalue weighted by Crippen LogP contribution is 2.21. The molecule has 0 radical (unpaired) electrons. The molecule has 0 aliphatic carbocycles. The highest BCUT2D eigenvalue weighted by atomic mass is 79.9. The normalized spacial score (nSPS) is 10.0. The Balaban J connectivity index is 2.29. The predicted molar refractivity (Wildman–Crippen MR) is 79.8 cm³/mol. The Morgan fingerprint density at radius 1 is 1.19 bits per heavy atom. The Labute approximate surface area is 129 Å². The van der Waals surface area contributed by atoms with E-state index in [4.69, 9.17) is 0 Å². The fourth-order valence-corrected chi connectivity index (χ4v) is 2.17. The molecule has 0 aliphatic heterocycles. The molecular weight excluding hydrogens is 341 g/mol. The molecule has 6 heteroatoms. The summed E-state index contributed by atoms with van der Waals surface area (Å²) in [5.41, 5.74) is 0.431. The van der Waals surface area contributed by atoms with E-state index in [1.54, 1.807) is 24.3 Å². The second-order valence-electron chi connectivity index (χ2n) is 4.12. The van der Waals surface area contributed by atoms with Gasteiger partial charge in [-0.2, -0.15) is 0 Å². The topological polar surface area (TPSA) is 55.4 Å². The second-order valence-corrected chi connectivity index (χ2v) is 4.97. The van der Waals surface area contributed by atoms with Crippen molar-refractivity contribution in [3.8, 4) is 0 Å². The molecule has 0 spiro atoms. The Hall–Kier alpha value is -2.21. The van der Waals surface area contributed by atoms with E-state index >= 15 is 0 Å². The van der Waals surface area contributed by atoms with Crippen molar-refractivity contribution in [3.05, 3.63) is 63.9 Å². The lowest BCUT2D eigenvalue weighted by Crippen LogP contribution is -2.14. The molecular formula is C15H11BrFNO3. The molecule has 0 fully saturated rings. The molecule has 1 amide bonds. The lowest BCUT2D eigenvalue weighted by Gasteiger charge is -2.09. The molecule has 0 unspecified atom stereocenters. The first kappa shape index (κ1) is 15.2. The van der Waals surface area contributed by atoms with Crippen LogP contribution < -0.4 is 5.32 Å². The molecule has 0 heterocycles. The third-order valence-corrected chi connectivity index (χ3v) is 3.45. The number of amides is 1. The quantitative estimate of drug-likeness (QED) is 0.859. The first-order valence-corrected chi connectivity index (χ1v) is 6.76. The fourth-order valence-electron chi connectivity index (χ4n) is 1.70.